The second-order valence-corrected chi connectivity index (χ2v) is 7.66. The summed E-state index contributed by atoms with van der Waals surface area (Å²) in [5, 5.41) is 2.77. The summed E-state index contributed by atoms with van der Waals surface area (Å²) in [6.07, 6.45) is 1.82. The van der Waals surface area contributed by atoms with E-state index in [4.69, 9.17) is 9.47 Å². The monoisotopic (exact) mass is 447 g/mol. The Morgan fingerprint density at radius 1 is 1.11 bits per heavy atom. The zero-order valence-electron chi connectivity index (χ0n) is 16.5. The Bertz CT molecular complexity index is 803. The number of hydrogen-bond acceptors (Lipinski definition) is 4. The first-order chi connectivity index (χ1) is 13.4. The zero-order chi connectivity index (χ0) is 20.5. The third-order valence-electron chi connectivity index (χ3n) is 4.09. The molecule has 0 aliphatic rings. The second-order valence-electron chi connectivity index (χ2n) is 6.74. The molecule has 28 heavy (non-hydrogen) atoms. The van der Waals surface area contributed by atoms with Crippen LogP contribution in [0.3, 0.4) is 0 Å². The average molecular weight is 448 g/mol. The van der Waals surface area contributed by atoms with Gasteiger partial charge in [-0.05, 0) is 60.4 Å². The van der Waals surface area contributed by atoms with Gasteiger partial charge in [-0.25, -0.2) is 4.79 Å². The highest BCUT2D eigenvalue weighted by Crippen LogP contribution is 2.29. The number of esters is 1. The number of carbonyl (C=O) groups excluding carboxylic acids is 2. The molecule has 0 heterocycles. The average Bonchev–Trinajstić information content (AvgIpc) is 2.67. The quantitative estimate of drug-likeness (QED) is 0.404. The second kappa shape index (κ2) is 10.9. The maximum absolute atomic E-state index is 12.2. The van der Waals surface area contributed by atoms with Crippen LogP contribution >= 0.6 is 15.9 Å². The van der Waals surface area contributed by atoms with Gasteiger partial charge in [0, 0.05) is 10.2 Å². The van der Waals surface area contributed by atoms with E-state index in [1.165, 1.54) is 0 Å². The van der Waals surface area contributed by atoms with Gasteiger partial charge >= 0.3 is 5.97 Å². The van der Waals surface area contributed by atoms with Gasteiger partial charge in [0.05, 0.1) is 12.2 Å². The molecule has 0 aliphatic carbocycles. The molecule has 1 amide bonds. The Hall–Kier alpha value is -2.34. The van der Waals surface area contributed by atoms with Gasteiger partial charge in [-0.1, -0.05) is 43.1 Å². The first-order valence-electron chi connectivity index (χ1n) is 9.40. The summed E-state index contributed by atoms with van der Waals surface area (Å²) in [5.74, 6) is 0.348. The smallest absolute Gasteiger partial charge is 0.338 e. The van der Waals surface area contributed by atoms with Crippen LogP contribution < -0.4 is 10.1 Å². The van der Waals surface area contributed by atoms with Crippen LogP contribution in [0.5, 0.6) is 5.75 Å². The minimum Gasteiger partial charge on any atom is -0.483 e. The number of nitrogens with one attached hydrogen (secondary N) is 1. The van der Waals surface area contributed by atoms with Crippen LogP contribution in [-0.2, 0) is 9.53 Å². The Morgan fingerprint density at radius 2 is 1.82 bits per heavy atom. The molecule has 0 bridgehead atoms. The van der Waals surface area contributed by atoms with E-state index in [9.17, 15) is 9.59 Å². The largest absolute Gasteiger partial charge is 0.483 e. The molecule has 0 atom stereocenters. The van der Waals surface area contributed by atoms with Gasteiger partial charge in [-0.15, -0.1) is 0 Å². The van der Waals surface area contributed by atoms with Crippen LogP contribution in [0.15, 0.2) is 46.9 Å². The summed E-state index contributed by atoms with van der Waals surface area (Å²) in [7, 11) is 0. The molecule has 0 spiro atoms. The highest BCUT2D eigenvalue weighted by Gasteiger charge is 2.11. The van der Waals surface area contributed by atoms with Gasteiger partial charge in [0.15, 0.2) is 6.61 Å². The lowest BCUT2D eigenvalue weighted by Crippen LogP contribution is -2.20. The lowest BCUT2D eigenvalue weighted by atomic mass is 10.0. The molecule has 2 aromatic rings. The molecule has 2 aromatic carbocycles. The number of anilines is 1. The molecule has 150 valence electrons. The number of carbonyl (C=O) groups is 2. The van der Waals surface area contributed by atoms with Crippen molar-refractivity contribution in [3.8, 4) is 5.75 Å². The van der Waals surface area contributed by atoms with Gasteiger partial charge in [0.25, 0.3) is 5.91 Å². The summed E-state index contributed by atoms with van der Waals surface area (Å²) < 4.78 is 11.8. The fraction of sp³-hybridized carbons (Fsp3) is 0.364. The number of benzene rings is 2. The SMILES string of the molecule is CCCCOC(=O)c1ccc(NC(=O)COc2ccc(Br)cc2C(C)C)cc1. The van der Waals surface area contributed by atoms with Crippen LogP contribution in [0.1, 0.15) is 55.5 Å². The molecular weight excluding hydrogens is 422 g/mol. The summed E-state index contributed by atoms with van der Waals surface area (Å²) in [6, 6.07) is 12.4. The topological polar surface area (TPSA) is 64.6 Å². The third kappa shape index (κ3) is 6.68. The molecule has 0 saturated heterocycles. The van der Waals surface area contributed by atoms with E-state index < -0.39 is 0 Å². The lowest BCUT2D eigenvalue weighted by molar-refractivity contribution is -0.118. The normalized spacial score (nSPS) is 10.6. The number of hydrogen-bond donors (Lipinski definition) is 1. The van der Waals surface area contributed by atoms with Crippen molar-refractivity contribution in [2.75, 3.05) is 18.5 Å². The number of unbranched alkanes of at least 4 members (excludes halogenated alkanes) is 1. The molecular formula is C22H26BrNO4. The minimum absolute atomic E-state index is 0.0951. The van der Waals surface area contributed by atoms with E-state index in [1.807, 2.05) is 25.1 Å². The van der Waals surface area contributed by atoms with Crippen molar-refractivity contribution >= 4 is 33.5 Å². The third-order valence-corrected chi connectivity index (χ3v) is 4.58. The van der Waals surface area contributed by atoms with Gasteiger partial charge in [0.1, 0.15) is 5.75 Å². The zero-order valence-corrected chi connectivity index (χ0v) is 18.0. The van der Waals surface area contributed by atoms with Crippen molar-refractivity contribution < 1.29 is 19.1 Å². The van der Waals surface area contributed by atoms with Crippen molar-refractivity contribution in [2.24, 2.45) is 0 Å². The van der Waals surface area contributed by atoms with Crippen LogP contribution in [0, 0.1) is 0 Å². The maximum Gasteiger partial charge on any atom is 0.338 e. The van der Waals surface area contributed by atoms with Crippen molar-refractivity contribution in [1.82, 2.24) is 0 Å². The predicted octanol–water partition coefficient (Wildman–Crippen LogP) is 5.55. The van der Waals surface area contributed by atoms with Crippen LogP contribution in [0.2, 0.25) is 0 Å². The minimum atomic E-state index is -0.355. The molecule has 0 radical (unpaired) electrons. The van der Waals surface area contributed by atoms with Gasteiger partial charge in [0.2, 0.25) is 0 Å². The van der Waals surface area contributed by atoms with Crippen LogP contribution in [0.4, 0.5) is 5.69 Å². The lowest BCUT2D eigenvalue weighted by Gasteiger charge is -2.14. The molecule has 5 nitrogen and oxygen atoms in total. The van der Waals surface area contributed by atoms with Crippen LogP contribution in [0.25, 0.3) is 0 Å². The molecule has 0 saturated carbocycles. The van der Waals surface area contributed by atoms with Gasteiger partial charge in [-0.2, -0.15) is 0 Å². The first-order valence-corrected chi connectivity index (χ1v) is 10.2. The maximum atomic E-state index is 12.2. The molecule has 0 unspecified atom stereocenters. The van der Waals surface area contributed by atoms with Crippen molar-refractivity contribution in [2.45, 2.75) is 39.5 Å². The molecule has 0 aliphatic heterocycles. The summed E-state index contributed by atoms with van der Waals surface area (Å²) in [5.41, 5.74) is 2.09. The highest BCUT2D eigenvalue weighted by molar-refractivity contribution is 9.10. The number of ether oxygens (including phenoxy) is 2. The summed E-state index contributed by atoms with van der Waals surface area (Å²) in [6.45, 7) is 6.50. The summed E-state index contributed by atoms with van der Waals surface area (Å²) >= 11 is 3.45. The van der Waals surface area contributed by atoms with Crippen molar-refractivity contribution in [3.05, 3.63) is 58.1 Å². The van der Waals surface area contributed by atoms with E-state index in [2.05, 4.69) is 35.1 Å². The Labute approximate surface area is 174 Å². The van der Waals surface area contributed by atoms with E-state index in [0.29, 0.717) is 23.6 Å². The summed E-state index contributed by atoms with van der Waals surface area (Å²) in [4.78, 5) is 24.1. The molecule has 6 heteroatoms. The van der Waals surface area contributed by atoms with E-state index >= 15 is 0 Å². The molecule has 0 fully saturated rings. The van der Waals surface area contributed by atoms with Crippen molar-refractivity contribution in [3.63, 3.8) is 0 Å². The van der Waals surface area contributed by atoms with Crippen LogP contribution in [-0.4, -0.2) is 25.1 Å². The number of rotatable bonds is 9. The van der Waals surface area contributed by atoms with E-state index in [0.717, 1.165) is 22.9 Å². The van der Waals surface area contributed by atoms with E-state index in [-0.39, 0.29) is 24.4 Å². The van der Waals surface area contributed by atoms with Crippen molar-refractivity contribution in [1.29, 1.82) is 0 Å². The number of halogens is 1. The highest BCUT2D eigenvalue weighted by atomic mass is 79.9. The standard InChI is InChI=1S/C22H26BrNO4/c1-4-5-12-27-22(26)16-6-9-18(10-7-16)24-21(25)14-28-20-11-8-17(23)13-19(20)15(2)3/h6-11,13,15H,4-5,12,14H2,1-3H3,(H,24,25). The van der Waals surface area contributed by atoms with Gasteiger partial charge in [-0.3, -0.25) is 4.79 Å². The fourth-order valence-electron chi connectivity index (χ4n) is 2.52. The Morgan fingerprint density at radius 3 is 2.46 bits per heavy atom. The molecule has 2 rings (SSSR count). The molecule has 0 aromatic heterocycles. The molecule has 1 N–H and O–H groups in total. The Balaban J connectivity index is 1.89. The Kier molecular flexibility index (Phi) is 8.51. The fourth-order valence-corrected chi connectivity index (χ4v) is 2.90. The van der Waals surface area contributed by atoms with Gasteiger partial charge < -0.3 is 14.8 Å². The van der Waals surface area contributed by atoms with E-state index in [1.54, 1.807) is 24.3 Å². The number of amides is 1. The first kappa shape index (κ1) is 22.0. The predicted molar refractivity (Wildman–Crippen MR) is 114 cm³/mol.